The van der Waals surface area contributed by atoms with Gasteiger partial charge in [0.2, 0.25) is 0 Å². The topological polar surface area (TPSA) is 137 Å². The van der Waals surface area contributed by atoms with Crippen LogP contribution in [0.4, 0.5) is 0 Å². The van der Waals surface area contributed by atoms with E-state index in [1.54, 1.807) is 56.3 Å². The van der Waals surface area contributed by atoms with Gasteiger partial charge in [0, 0.05) is 11.3 Å². The summed E-state index contributed by atoms with van der Waals surface area (Å²) in [7, 11) is 1.28. The SMILES string of the molecule is CCOC(=O)C1=C(C)NC(=S)N[C@@H]1c1ccccc1OCC(=O)NN=Cc1ccc(OCC(=O)OC)c(Br)c1. The molecule has 0 spiro atoms. The lowest BCUT2D eigenvalue weighted by Crippen LogP contribution is -2.45. The molecule has 3 rings (SSSR count). The van der Waals surface area contributed by atoms with Crippen LogP contribution in [0.15, 0.2) is 63.3 Å². The second-order valence-electron chi connectivity index (χ2n) is 7.96. The number of benzene rings is 2. The van der Waals surface area contributed by atoms with Gasteiger partial charge in [0.25, 0.3) is 5.91 Å². The number of allylic oxidation sites excluding steroid dienone is 1. The van der Waals surface area contributed by atoms with Crippen LogP contribution in [-0.2, 0) is 23.9 Å². The van der Waals surface area contributed by atoms with Gasteiger partial charge in [-0.05, 0) is 71.8 Å². The normalized spacial score (nSPS) is 14.8. The first-order valence-electron chi connectivity index (χ1n) is 11.7. The lowest BCUT2D eigenvalue weighted by atomic mass is 9.95. The van der Waals surface area contributed by atoms with Crippen molar-refractivity contribution in [3.05, 3.63) is 69.3 Å². The maximum absolute atomic E-state index is 12.7. The van der Waals surface area contributed by atoms with Crippen LogP contribution in [0, 0.1) is 0 Å². The molecule has 3 N–H and O–H groups in total. The van der Waals surface area contributed by atoms with E-state index in [1.807, 2.05) is 0 Å². The number of rotatable bonds is 11. The van der Waals surface area contributed by atoms with Crippen molar-refractivity contribution in [1.82, 2.24) is 16.1 Å². The van der Waals surface area contributed by atoms with Crippen molar-refractivity contribution >= 4 is 57.3 Å². The first-order chi connectivity index (χ1) is 18.7. The number of hydrogen-bond donors (Lipinski definition) is 3. The average Bonchev–Trinajstić information content (AvgIpc) is 2.91. The van der Waals surface area contributed by atoms with Gasteiger partial charge in [0.05, 0.1) is 36.0 Å². The summed E-state index contributed by atoms with van der Waals surface area (Å²) in [5.74, 6) is -0.640. The highest BCUT2D eigenvalue weighted by molar-refractivity contribution is 9.10. The fourth-order valence-electron chi connectivity index (χ4n) is 3.52. The minimum Gasteiger partial charge on any atom is -0.483 e. The third-order valence-electron chi connectivity index (χ3n) is 5.29. The van der Waals surface area contributed by atoms with E-state index in [1.165, 1.54) is 13.3 Å². The van der Waals surface area contributed by atoms with Crippen LogP contribution in [-0.4, -0.2) is 56.1 Å². The summed E-state index contributed by atoms with van der Waals surface area (Å²) in [6.45, 7) is 3.14. The van der Waals surface area contributed by atoms with E-state index in [-0.39, 0.29) is 19.8 Å². The molecule has 1 aliphatic heterocycles. The molecule has 0 radical (unpaired) electrons. The fraction of sp³-hybridized carbons (Fsp3) is 0.269. The van der Waals surface area contributed by atoms with E-state index < -0.39 is 23.9 Å². The average molecular weight is 619 g/mol. The number of amides is 1. The van der Waals surface area contributed by atoms with Gasteiger partial charge in [-0.2, -0.15) is 5.10 Å². The first-order valence-corrected chi connectivity index (χ1v) is 12.9. The van der Waals surface area contributed by atoms with Gasteiger partial charge in [0.1, 0.15) is 11.5 Å². The van der Waals surface area contributed by atoms with E-state index in [2.05, 4.69) is 41.8 Å². The van der Waals surface area contributed by atoms with Crippen LogP contribution in [0.1, 0.15) is 31.0 Å². The van der Waals surface area contributed by atoms with Crippen molar-refractivity contribution in [2.75, 3.05) is 26.9 Å². The lowest BCUT2D eigenvalue weighted by molar-refractivity contribution is -0.143. The zero-order chi connectivity index (χ0) is 28.4. The van der Waals surface area contributed by atoms with Gasteiger partial charge in [-0.15, -0.1) is 0 Å². The number of hydrazone groups is 1. The minimum atomic E-state index is -0.631. The Labute approximate surface area is 239 Å². The Hall–Kier alpha value is -3.97. The highest BCUT2D eigenvalue weighted by Crippen LogP contribution is 2.33. The van der Waals surface area contributed by atoms with Crippen molar-refractivity contribution in [1.29, 1.82) is 0 Å². The number of nitrogens with zero attached hydrogens (tertiary/aromatic N) is 1. The quantitative estimate of drug-likeness (QED) is 0.149. The molecule has 0 aromatic heterocycles. The number of hydrogen-bond acceptors (Lipinski definition) is 9. The largest absolute Gasteiger partial charge is 0.483 e. The predicted molar refractivity (Wildman–Crippen MR) is 150 cm³/mol. The van der Waals surface area contributed by atoms with Gasteiger partial charge in [-0.3, -0.25) is 4.79 Å². The zero-order valence-electron chi connectivity index (χ0n) is 21.4. The zero-order valence-corrected chi connectivity index (χ0v) is 23.8. The number of para-hydroxylation sites is 1. The van der Waals surface area contributed by atoms with Crippen molar-refractivity contribution in [3.63, 3.8) is 0 Å². The Morgan fingerprint density at radius 3 is 2.59 bits per heavy atom. The summed E-state index contributed by atoms with van der Waals surface area (Å²) in [6.07, 6.45) is 1.44. The summed E-state index contributed by atoms with van der Waals surface area (Å²) >= 11 is 8.65. The summed E-state index contributed by atoms with van der Waals surface area (Å²) < 4.78 is 21.5. The molecule has 1 atom stereocenters. The number of carbonyl (C=O) groups is 3. The second-order valence-corrected chi connectivity index (χ2v) is 9.23. The second kappa shape index (κ2) is 14.3. The van der Waals surface area contributed by atoms with Crippen LogP contribution in [0.25, 0.3) is 0 Å². The first kappa shape index (κ1) is 29.6. The molecule has 1 amide bonds. The lowest BCUT2D eigenvalue weighted by Gasteiger charge is -2.30. The molecule has 0 saturated heterocycles. The van der Waals surface area contributed by atoms with Crippen LogP contribution in [0.3, 0.4) is 0 Å². The Kier molecular flexibility index (Phi) is 10.8. The van der Waals surface area contributed by atoms with Gasteiger partial charge in [0.15, 0.2) is 18.3 Å². The Balaban J connectivity index is 1.63. The van der Waals surface area contributed by atoms with Gasteiger partial charge in [-0.25, -0.2) is 15.0 Å². The smallest absolute Gasteiger partial charge is 0.343 e. The number of carbonyl (C=O) groups excluding carboxylic acids is 3. The van der Waals surface area contributed by atoms with E-state index in [9.17, 15) is 14.4 Å². The molecule has 11 nitrogen and oxygen atoms in total. The van der Waals surface area contributed by atoms with Gasteiger partial charge < -0.3 is 29.6 Å². The summed E-state index contributed by atoms with van der Waals surface area (Å²) in [6, 6.07) is 11.4. The molecule has 206 valence electrons. The molecule has 0 aliphatic carbocycles. The monoisotopic (exact) mass is 618 g/mol. The minimum absolute atomic E-state index is 0.218. The standard InChI is InChI=1S/C26H27BrN4O7S/c1-4-36-25(34)23-15(2)29-26(39)30-24(23)17-7-5-6-8-19(17)37-13-21(32)31-28-12-16-9-10-20(18(27)11-16)38-14-22(33)35-3/h5-12,24H,4,13-14H2,1-3H3,(H,31,32)(H2,29,30,39)/t24-/m1/s1. The highest BCUT2D eigenvalue weighted by atomic mass is 79.9. The summed E-state index contributed by atoms with van der Waals surface area (Å²) in [5, 5.41) is 10.3. The molecule has 13 heteroatoms. The maximum Gasteiger partial charge on any atom is 0.343 e. The molecule has 1 aliphatic rings. The Morgan fingerprint density at radius 2 is 1.87 bits per heavy atom. The molecule has 0 unspecified atom stereocenters. The molecule has 2 aromatic carbocycles. The molecule has 0 saturated carbocycles. The number of thiocarbonyl (C=S) groups is 1. The molecule has 1 heterocycles. The van der Waals surface area contributed by atoms with Crippen LogP contribution in [0.5, 0.6) is 11.5 Å². The van der Waals surface area contributed by atoms with E-state index >= 15 is 0 Å². The number of methoxy groups -OCH3 is 1. The number of nitrogens with one attached hydrogen (secondary N) is 3. The van der Waals surface area contributed by atoms with E-state index in [0.717, 1.165) is 0 Å². The Morgan fingerprint density at radius 1 is 1.13 bits per heavy atom. The van der Waals surface area contributed by atoms with Gasteiger partial charge >= 0.3 is 11.9 Å². The van der Waals surface area contributed by atoms with Crippen molar-refractivity contribution in [3.8, 4) is 11.5 Å². The van der Waals surface area contributed by atoms with Crippen LogP contribution >= 0.6 is 28.1 Å². The maximum atomic E-state index is 12.7. The molecule has 39 heavy (non-hydrogen) atoms. The van der Waals surface area contributed by atoms with Crippen molar-refractivity contribution < 1.29 is 33.3 Å². The van der Waals surface area contributed by atoms with Crippen molar-refractivity contribution in [2.45, 2.75) is 19.9 Å². The summed E-state index contributed by atoms with van der Waals surface area (Å²) in [4.78, 5) is 36.3. The van der Waals surface area contributed by atoms with Crippen LogP contribution < -0.4 is 25.5 Å². The molecular weight excluding hydrogens is 592 g/mol. The van der Waals surface area contributed by atoms with E-state index in [0.29, 0.717) is 43.5 Å². The molecule has 0 bridgehead atoms. The summed E-state index contributed by atoms with van der Waals surface area (Å²) in [5.41, 5.74) is 4.62. The highest BCUT2D eigenvalue weighted by Gasteiger charge is 2.32. The molecular formula is C26H27BrN4O7S. The number of ether oxygens (including phenoxy) is 4. The van der Waals surface area contributed by atoms with Crippen molar-refractivity contribution in [2.24, 2.45) is 5.10 Å². The molecule has 2 aromatic rings. The van der Waals surface area contributed by atoms with Gasteiger partial charge in [-0.1, -0.05) is 18.2 Å². The third-order valence-corrected chi connectivity index (χ3v) is 6.12. The number of halogens is 1. The number of esters is 2. The Bertz CT molecular complexity index is 1310. The molecule has 0 fully saturated rings. The predicted octanol–water partition coefficient (Wildman–Crippen LogP) is 2.89. The van der Waals surface area contributed by atoms with E-state index in [4.69, 9.17) is 26.4 Å². The fourth-order valence-corrected chi connectivity index (χ4v) is 4.30. The third kappa shape index (κ3) is 8.26. The van der Waals surface area contributed by atoms with Crippen LogP contribution in [0.2, 0.25) is 0 Å².